The van der Waals surface area contributed by atoms with Gasteiger partial charge in [-0.05, 0) is 21.0 Å². The number of aromatic nitrogens is 2. The van der Waals surface area contributed by atoms with Crippen molar-refractivity contribution in [2.75, 3.05) is 20.7 Å². The number of aromatic hydroxyl groups is 5. The number of ether oxygens (including phenoxy) is 1. The molecule has 0 aliphatic carbocycles. The molecule has 0 fully saturated rings. The molecule has 0 aliphatic heterocycles. The van der Waals surface area contributed by atoms with Gasteiger partial charge in [0, 0.05) is 12.6 Å². The third-order valence-corrected chi connectivity index (χ3v) is 4.43. The van der Waals surface area contributed by atoms with Gasteiger partial charge in [-0.3, -0.25) is 19.5 Å². The number of hydrogen-bond donors (Lipinski definition) is 8. The predicted molar refractivity (Wildman–Crippen MR) is 94.2 cm³/mol. The molecule has 0 bridgehead atoms. The van der Waals surface area contributed by atoms with E-state index in [4.69, 9.17) is 4.74 Å². The van der Waals surface area contributed by atoms with Crippen molar-refractivity contribution in [3.63, 3.8) is 0 Å². The lowest BCUT2D eigenvalue weighted by Gasteiger charge is -2.31. The molecule has 0 amide bonds. The average molecular weight is 401 g/mol. The summed E-state index contributed by atoms with van der Waals surface area (Å²) in [5.41, 5.74) is -1.91. The van der Waals surface area contributed by atoms with Gasteiger partial charge >= 0.3 is 5.56 Å². The molecular weight excluding hydrogens is 378 g/mol. The summed E-state index contributed by atoms with van der Waals surface area (Å²) in [6.07, 6.45) is -1.65. The van der Waals surface area contributed by atoms with Gasteiger partial charge in [0.1, 0.15) is 24.2 Å². The third-order valence-electron chi connectivity index (χ3n) is 4.43. The van der Waals surface area contributed by atoms with E-state index in [1.807, 2.05) is 0 Å². The van der Waals surface area contributed by atoms with Gasteiger partial charge < -0.3 is 40.5 Å². The van der Waals surface area contributed by atoms with E-state index in [9.17, 15) is 40.5 Å². The first-order valence-corrected chi connectivity index (χ1v) is 7.99. The number of H-pyrrole nitrogens is 1. The Morgan fingerprint density at radius 1 is 1.04 bits per heavy atom. The fraction of sp³-hybridized carbons (Fsp3) is 0.438. The first kappa shape index (κ1) is 21.4. The van der Waals surface area contributed by atoms with Crippen molar-refractivity contribution >= 4 is 0 Å². The van der Waals surface area contributed by atoms with E-state index in [0.29, 0.717) is 0 Å². The minimum atomic E-state index is -2.48. The number of nitrogens with zero attached hydrogens (tertiary/aromatic N) is 2. The molecule has 8 N–H and O–H groups in total. The Labute approximate surface area is 158 Å². The van der Waals surface area contributed by atoms with Crippen LogP contribution in [0.5, 0.6) is 28.7 Å². The Morgan fingerprint density at radius 2 is 1.61 bits per heavy atom. The molecule has 12 nitrogen and oxygen atoms in total. The maximum absolute atomic E-state index is 11.8. The van der Waals surface area contributed by atoms with E-state index in [2.05, 4.69) is 5.10 Å². The van der Waals surface area contributed by atoms with Crippen molar-refractivity contribution in [1.29, 1.82) is 0 Å². The number of rotatable bonds is 6. The molecule has 28 heavy (non-hydrogen) atoms. The molecule has 2 rings (SSSR count). The second-order valence-corrected chi connectivity index (χ2v) is 6.53. The standard InChI is InChI=1S/C16H23N3O9/c1-6-9(20)7(11(22)13(24)10(6)21)14(28-5-16(26,27)18(2)3)8-12(23)15(25)17-19(8)4/h14,20-24,26-27H,5H2,1-4H3,(H,17,25). The molecule has 1 heterocycles. The van der Waals surface area contributed by atoms with E-state index >= 15 is 0 Å². The minimum absolute atomic E-state index is 0.217. The molecule has 12 heteroatoms. The molecule has 2 aromatic rings. The van der Waals surface area contributed by atoms with Gasteiger partial charge in [-0.15, -0.1) is 0 Å². The molecule has 0 spiro atoms. The smallest absolute Gasteiger partial charge is 0.306 e. The Morgan fingerprint density at radius 3 is 2.07 bits per heavy atom. The number of phenols is 4. The topological polar surface area (TPSA) is 192 Å². The molecular formula is C16H23N3O9. The van der Waals surface area contributed by atoms with Gasteiger partial charge in [-0.25, -0.2) is 0 Å². The fourth-order valence-corrected chi connectivity index (χ4v) is 2.56. The highest BCUT2D eigenvalue weighted by atomic mass is 16.6. The summed E-state index contributed by atoms with van der Waals surface area (Å²) in [7, 11) is 4.01. The van der Waals surface area contributed by atoms with Gasteiger partial charge in [-0.1, -0.05) is 0 Å². The lowest BCUT2D eigenvalue weighted by Crippen LogP contribution is -2.48. The Hall–Kier alpha value is -2.93. The zero-order valence-corrected chi connectivity index (χ0v) is 15.6. The minimum Gasteiger partial charge on any atom is -0.507 e. The molecule has 0 saturated heterocycles. The van der Waals surface area contributed by atoms with Crippen molar-refractivity contribution in [1.82, 2.24) is 14.7 Å². The predicted octanol–water partition coefficient (Wildman–Crippen LogP) is -1.14. The number of aliphatic hydroxyl groups is 2. The number of hydrogen-bond acceptors (Lipinski definition) is 10. The normalized spacial score (nSPS) is 13.2. The van der Waals surface area contributed by atoms with Crippen LogP contribution in [0.4, 0.5) is 0 Å². The van der Waals surface area contributed by atoms with Gasteiger partial charge in [0.15, 0.2) is 11.5 Å². The summed E-state index contributed by atoms with van der Waals surface area (Å²) in [4.78, 5) is 12.8. The quantitative estimate of drug-likeness (QED) is 0.167. The van der Waals surface area contributed by atoms with E-state index < -0.39 is 58.5 Å². The molecule has 1 aromatic heterocycles. The number of aromatic amines is 1. The lowest BCUT2D eigenvalue weighted by molar-refractivity contribution is -0.279. The van der Waals surface area contributed by atoms with Gasteiger partial charge in [0.25, 0.3) is 0 Å². The first-order chi connectivity index (χ1) is 12.8. The Bertz CT molecular complexity index is 917. The van der Waals surface area contributed by atoms with E-state index in [1.54, 1.807) is 0 Å². The van der Waals surface area contributed by atoms with E-state index in [-0.39, 0.29) is 11.3 Å². The van der Waals surface area contributed by atoms with Crippen LogP contribution in [-0.4, -0.2) is 77.0 Å². The van der Waals surface area contributed by atoms with Crippen LogP contribution in [0.3, 0.4) is 0 Å². The largest absolute Gasteiger partial charge is 0.507 e. The Kier molecular flexibility index (Phi) is 5.52. The monoisotopic (exact) mass is 401 g/mol. The second-order valence-electron chi connectivity index (χ2n) is 6.53. The van der Waals surface area contributed by atoms with Gasteiger partial charge in [0.2, 0.25) is 17.4 Å². The van der Waals surface area contributed by atoms with Crippen molar-refractivity contribution in [3.8, 4) is 28.7 Å². The molecule has 1 atom stereocenters. The van der Waals surface area contributed by atoms with Gasteiger partial charge in [-0.2, -0.15) is 0 Å². The highest BCUT2D eigenvalue weighted by molar-refractivity contribution is 5.65. The maximum atomic E-state index is 11.8. The summed E-state index contributed by atoms with van der Waals surface area (Å²) in [6.45, 7) is 0.422. The number of nitrogens with one attached hydrogen (secondary N) is 1. The summed E-state index contributed by atoms with van der Waals surface area (Å²) in [5.74, 6) is -6.73. The second kappa shape index (κ2) is 7.24. The van der Waals surface area contributed by atoms with Crippen LogP contribution in [0.15, 0.2) is 4.79 Å². The number of aryl methyl sites for hydroxylation is 1. The van der Waals surface area contributed by atoms with Crippen molar-refractivity contribution in [3.05, 3.63) is 27.2 Å². The molecule has 1 unspecified atom stereocenters. The van der Waals surface area contributed by atoms with Crippen molar-refractivity contribution < 1.29 is 40.5 Å². The fourth-order valence-electron chi connectivity index (χ4n) is 2.56. The molecule has 0 radical (unpaired) electrons. The van der Waals surface area contributed by atoms with Crippen LogP contribution >= 0.6 is 0 Å². The first-order valence-electron chi connectivity index (χ1n) is 7.99. The van der Waals surface area contributed by atoms with Gasteiger partial charge in [0.05, 0.1) is 5.56 Å². The van der Waals surface area contributed by atoms with Crippen molar-refractivity contribution in [2.45, 2.75) is 18.9 Å². The molecule has 0 aliphatic rings. The number of phenolic OH excluding ortho intramolecular Hbond substituents is 4. The molecule has 156 valence electrons. The van der Waals surface area contributed by atoms with Crippen LogP contribution < -0.4 is 5.56 Å². The zero-order valence-electron chi connectivity index (χ0n) is 15.6. The van der Waals surface area contributed by atoms with Crippen LogP contribution in [0.1, 0.15) is 22.9 Å². The summed E-state index contributed by atoms with van der Waals surface area (Å²) >= 11 is 0. The zero-order chi connectivity index (χ0) is 21.5. The lowest BCUT2D eigenvalue weighted by atomic mass is 9.98. The average Bonchev–Trinajstić information content (AvgIpc) is 2.86. The molecule has 1 aromatic carbocycles. The molecule has 0 saturated carbocycles. The summed E-state index contributed by atoms with van der Waals surface area (Å²) in [5, 5.41) is 72.7. The van der Waals surface area contributed by atoms with Crippen LogP contribution in [0.25, 0.3) is 0 Å². The van der Waals surface area contributed by atoms with Crippen molar-refractivity contribution in [2.24, 2.45) is 7.05 Å². The SMILES string of the molecule is Cc1c(O)c(O)c(O)c(C(OCC(O)(O)N(C)C)c2c(O)c(=O)[nH]n2C)c1O. The highest BCUT2D eigenvalue weighted by Gasteiger charge is 2.36. The van der Waals surface area contributed by atoms with E-state index in [1.165, 1.54) is 28.1 Å². The van der Waals surface area contributed by atoms with Crippen LogP contribution in [-0.2, 0) is 11.8 Å². The van der Waals surface area contributed by atoms with E-state index in [0.717, 1.165) is 9.58 Å². The van der Waals surface area contributed by atoms with Crippen LogP contribution in [0, 0.1) is 6.92 Å². The highest BCUT2D eigenvalue weighted by Crippen LogP contribution is 2.51. The third kappa shape index (κ3) is 3.45. The van der Waals surface area contributed by atoms with Crippen LogP contribution in [0.2, 0.25) is 0 Å². The summed E-state index contributed by atoms with van der Waals surface area (Å²) in [6, 6.07) is 0. The number of benzene rings is 1. The Balaban J connectivity index is 2.72. The number of likely N-dealkylation sites (N-methyl/N-ethyl adjacent to an activating group) is 1. The maximum Gasteiger partial charge on any atom is 0.306 e. The summed E-state index contributed by atoms with van der Waals surface area (Å²) < 4.78 is 6.47.